The Labute approximate surface area is 113 Å². The minimum Gasteiger partial charge on any atom is -0.481 e. The largest absolute Gasteiger partial charge is 0.481 e. The van der Waals surface area contributed by atoms with E-state index in [1.165, 1.54) is 15.8 Å². The third-order valence-corrected chi connectivity index (χ3v) is 3.25. The fourth-order valence-corrected chi connectivity index (χ4v) is 2.18. The number of carboxylic acid groups (broad SMARTS) is 1. The van der Waals surface area contributed by atoms with Crippen molar-refractivity contribution in [3.8, 4) is 0 Å². The maximum Gasteiger partial charge on any atom is 0.308 e. The summed E-state index contributed by atoms with van der Waals surface area (Å²) in [5, 5.41) is 23.2. The minimum absolute atomic E-state index is 0.125. The molecule has 0 aromatic carbocycles. The molecule has 1 saturated heterocycles. The molecule has 108 valence electrons. The molecule has 2 rings (SSSR count). The molecule has 1 N–H and O–H groups in total. The fourth-order valence-electron chi connectivity index (χ4n) is 2.18. The van der Waals surface area contributed by atoms with E-state index >= 15 is 0 Å². The van der Waals surface area contributed by atoms with Gasteiger partial charge in [-0.2, -0.15) is 5.10 Å². The zero-order chi connectivity index (χ0) is 14.7. The fraction of sp³-hybridized carbons (Fsp3) is 0.545. The molecule has 0 spiro atoms. The first-order valence-corrected chi connectivity index (χ1v) is 6.15. The van der Waals surface area contributed by atoms with E-state index in [9.17, 15) is 19.7 Å². The molecule has 20 heavy (non-hydrogen) atoms. The lowest BCUT2D eigenvalue weighted by Gasteiger charge is -2.30. The SMILES string of the molecule is O=C(O)[C@H]1CCCN(C(=O)Cn2cc([N+](=O)[O-])cn2)C1. The molecular weight excluding hydrogens is 268 g/mol. The molecule has 0 saturated carbocycles. The number of aromatic nitrogens is 2. The maximum absolute atomic E-state index is 12.0. The lowest BCUT2D eigenvalue weighted by molar-refractivity contribution is -0.385. The van der Waals surface area contributed by atoms with Crippen molar-refractivity contribution in [1.82, 2.24) is 14.7 Å². The Morgan fingerprint density at radius 1 is 1.55 bits per heavy atom. The first-order valence-electron chi connectivity index (χ1n) is 6.15. The molecule has 1 aromatic heterocycles. The van der Waals surface area contributed by atoms with E-state index in [4.69, 9.17) is 5.11 Å². The molecule has 9 nitrogen and oxygen atoms in total. The Morgan fingerprint density at radius 2 is 2.30 bits per heavy atom. The molecule has 1 aliphatic rings. The summed E-state index contributed by atoms with van der Waals surface area (Å²) in [5.41, 5.74) is -0.181. The van der Waals surface area contributed by atoms with Crippen molar-refractivity contribution in [1.29, 1.82) is 0 Å². The Kier molecular flexibility index (Phi) is 3.97. The summed E-state index contributed by atoms with van der Waals surface area (Å²) < 4.78 is 1.19. The summed E-state index contributed by atoms with van der Waals surface area (Å²) in [6.07, 6.45) is 3.45. The van der Waals surface area contributed by atoms with Crippen molar-refractivity contribution in [2.75, 3.05) is 13.1 Å². The molecule has 0 radical (unpaired) electrons. The van der Waals surface area contributed by atoms with Gasteiger partial charge in [-0.3, -0.25) is 24.4 Å². The van der Waals surface area contributed by atoms with Gasteiger partial charge in [-0.1, -0.05) is 0 Å². The first kappa shape index (κ1) is 14.0. The van der Waals surface area contributed by atoms with E-state index in [1.807, 2.05) is 0 Å². The number of hydrogen-bond acceptors (Lipinski definition) is 5. The highest BCUT2D eigenvalue weighted by molar-refractivity contribution is 5.77. The van der Waals surface area contributed by atoms with E-state index in [0.717, 1.165) is 6.20 Å². The summed E-state index contributed by atoms with van der Waals surface area (Å²) in [7, 11) is 0. The van der Waals surface area contributed by atoms with Crippen LogP contribution in [0.5, 0.6) is 0 Å². The average Bonchev–Trinajstić information content (AvgIpc) is 2.87. The predicted octanol–water partition coefficient (Wildman–Crippen LogP) is 0.114. The first-order chi connectivity index (χ1) is 9.47. The highest BCUT2D eigenvalue weighted by Crippen LogP contribution is 2.17. The van der Waals surface area contributed by atoms with Gasteiger partial charge in [0.25, 0.3) is 0 Å². The lowest BCUT2D eigenvalue weighted by atomic mass is 9.98. The van der Waals surface area contributed by atoms with Crippen LogP contribution in [-0.2, 0) is 16.1 Å². The smallest absolute Gasteiger partial charge is 0.308 e. The van der Waals surface area contributed by atoms with Crippen LogP contribution in [0.4, 0.5) is 5.69 Å². The second-order valence-electron chi connectivity index (χ2n) is 4.67. The van der Waals surface area contributed by atoms with Crippen molar-refractivity contribution in [3.63, 3.8) is 0 Å². The standard InChI is InChI=1S/C11H14N4O5/c16-10(7-14-6-9(4-12-14)15(19)20)13-3-1-2-8(5-13)11(17)18/h4,6,8H,1-3,5,7H2,(H,17,18)/t8-/m0/s1. The number of nitro groups is 1. The highest BCUT2D eigenvalue weighted by atomic mass is 16.6. The van der Waals surface area contributed by atoms with Gasteiger partial charge in [-0.05, 0) is 12.8 Å². The number of nitrogens with zero attached hydrogens (tertiary/aromatic N) is 4. The average molecular weight is 282 g/mol. The number of likely N-dealkylation sites (tertiary alicyclic amines) is 1. The lowest BCUT2D eigenvalue weighted by Crippen LogP contribution is -2.43. The summed E-state index contributed by atoms with van der Waals surface area (Å²) in [5.74, 6) is -1.73. The summed E-state index contributed by atoms with van der Waals surface area (Å²) in [4.78, 5) is 34.3. The van der Waals surface area contributed by atoms with Crippen LogP contribution in [0.3, 0.4) is 0 Å². The van der Waals surface area contributed by atoms with Gasteiger partial charge in [0.1, 0.15) is 18.9 Å². The molecule has 1 atom stereocenters. The number of rotatable bonds is 4. The van der Waals surface area contributed by atoms with Crippen molar-refractivity contribution in [2.24, 2.45) is 5.92 Å². The van der Waals surface area contributed by atoms with Gasteiger partial charge in [0.05, 0.1) is 10.8 Å². The molecule has 0 aliphatic carbocycles. The van der Waals surface area contributed by atoms with Gasteiger partial charge in [0.2, 0.25) is 5.91 Å². The Bertz CT molecular complexity index is 541. The van der Waals surface area contributed by atoms with E-state index in [0.29, 0.717) is 19.4 Å². The number of carboxylic acids is 1. The number of carbonyl (C=O) groups excluding carboxylic acids is 1. The van der Waals surface area contributed by atoms with Crippen LogP contribution in [0.25, 0.3) is 0 Å². The van der Waals surface area contributed by atoms with Crippen LogP contribution in [0.15, 0.2) is 12.4 Å². The van der Waals surface area contributed by atoms with Crippen LogP contribution in [-0.4, -0.2) is 49.7 Å². The summed E-state index contributed by atoms with van der Waals surface area (Å²) >= 11 is 0. The molecule has 1 aliphatic heterocycles. The van der Waals surface area contributed by atoms with Crippen molar-refractivity contribution in [2.45, 2.75) is 19.4 Å². The summed E-state index contributed by atoms with van der Waals surface area (Å²) in [6, 6.07) is 0. The molecule has 2 heterocycles. The van der Waals surface area contributed by atoms with Gasteiger partial charge < -0.3 is 10.0 Å². The van der Waals surface area contributed by atoms with Crippen LogP contribution >= 0.6 is 0 Å². The number of aliphatic carboxylic acids is 1. The van der Waals surface area contributed by atoms with Crippen LogP contribution in [0.1, 0.15) is 12.8 Å². The van der Waals surface area contributed by atoms with E-state index < -0.39 is 16.8 Å². The number of hydrogen-bond donors (Lipinski definition) is 1. The number of carbonyl (C=O) groups is 2. The monoisotopic (exact) mass is 282 g/mol. The van der Waals surface area contributed by atoms with Gasteiger partial charge in [-0.15, -0.1) is 0 Å². The van der Waals surface area contributed by atoms with Gasteiger partial charge in [-0.25, -0.2) is 0 Å². The molecular formula is C11H14N4O5. The van der Waals surface area contributed by atoms with Crippen LogP contribution in [0, 0.1) is 16.0 Å². The number of piperidine rings is 1. The van der Waals surface area contributed by atoms with Crippen LogP contribution < -0.4 is 0 Å². The van der Waals surface area contributed by atoms with E-state index in [1.54, 1.807) is 0 Å². The Balaban J connectivity index is 1.96. The molecule has 0 bridgehead atoms. The predicted molar refractivity (Wildman–Crippen MR) is 65.8 cm³/mol. The maximum atomic E-state index is 12.0. The van der Waals surface area contributed by atoms with Crippen LogP contribution in [0.2, 0.25) is 0 Å². The highest BCUT2D eigenvalue weighted by Gasteiger charge is 2.28. The second-order valence-corrected chi connectivity index (χ2v) is 4.67. The molecule has 0 unspecified atom stereocenters. The quantitative estimate of drug-likeness (QED) is 0.618. The second kappa shape index (κ2) is 5.68. The Hall–Kier alpha value is -2.45. The topological polar surface area (TPSA) is 119 Å². The number of amides is 1. The van der Waals surface area contributed by atoms with Crippen molar-refractivity contribution >= 4 is 17.6 Å². The normalized spacial score (nSPS) is 18.8. The van der Waals surface area contributed by atoms with Crippen molar-refractivity contribution in [3.05, 3.63) is 22.5 Å². The molecule has 1 fully saturated rings. The van der Waals surface area contributed by atoms with E-state index in [2.05, 4.69) is 5.10 Å². The third kappa shape index (κ3) is 3.11. The van der Waals surface area contributed by atoms with Gasteiger partial charge in [0, 0.05) is 13.1 Å². The minimum atomic E-state index is -0.905. The zero-order valence-electron chi connectivity index (χ0n) is 10.6. The molecule has 1 amide bonds. The molecule has 9 heteroatoms. The van der Waals surface area contributed by atoms with E-state index in [-0.39, 0.29) is 24.7 Å². The van der Waals surface area contributed by atoms with Crippen molar-refractivity contribution < 1.29 is 19.6 Å². The third-order valence-electron chi connectivity index (χ3n) is 3.25. The Morgan fingerprint density at radius 3 is 2.90 bits per heavy atom. The van der Waals surface area contributed by atoms with Gasteiger partial charge >= 0.3 is 11.7 Å². The molecule has 1 aromatic rings. The van der Waals surface area contributed by atoms with Gasteiger partial charge in [0.15, 0.2) is 0 Å². The zero-order valence-corrected chi connectivity index (χ0v) is 10.6. The summed E-state index contributed by atoms with van der Waals surface area (Å²) in [6.45, 7) is 0.559.